The maximum Gasteiger partial charge on any atom is 0.326 e. The largest absolute Gasteiger partial charge is 0.480 e. The van der Waals surface area contributed by atoms with Gasteiger partial charge in [0.25, 0.3) is 0 Å². The molecular formula is C23H30N6O6. The number of para-hydroxylation sites is 1. The highest BCUT2D eigenvalue weighted by Crippen LogP contribution is 2.22. The van der Waals surface area contributed by atoms with Crippen LogP contribution in [0.25, 0.3) is 10.9 Å². The molecule has 0 aliphatic carbocycles. The van der Waals surface area contributed by atoms with E-state index in [1.54, 1.807) is 6.20 Å². The number of amides is 4. The first-order valence-corrected chi connectivity index (χ1v) is 11.4. The van der Waals surface area contributed by atoms with Gasteiger partial charge in [-0.25, -0.2) is 4.79 Å². The third-order valence-corrected chi connectivity index (χ3v) is 6.05. The number of nitrogens with one attached hydrogen (secondary N) is 3. The number of carbonyl (C=O) groups excluding carboxylic acids is 4. The first-order valence-electron chi connectivity index (χ1n) is 11.4. The number of aliphatic carboxylic acids is 1. The van der Waals surface area contributed by atoms with E-state index >= 15 is 0 Å². The quantitative estimate of drug-likeness (QED) is 0.233. The van der Waals surface area contributed by atoms with Gasteiger partial charge in [0, 0.05) is 36.5 Å². The van der Waals surface area contributed by atoms with Gasteiger partial charge < -0.3 is 37.1 Å². The van der Waals surface area contributed by atoms with Crippen LogP contribution in [0.2, 0.25) is 0 Å². The molecule has 3 atom stereocenters. The summed E-state index contributed by atoms with van der Waals surface area (Å²) in [7, 11) is 0. The molecule has 3 rings (SSSR count). The summed E-state index contributed by atoms with van der Waals surface area (Å²) < 4.78 is 0. The van der Waals surface area contributed by atoms with Crippen molar-refractivity contribution in [2.75, 3.05) is 13.1 Å². The first kappa shape index (κ1) is 25.7. The number of nitrogens with zero attached hydrogens (tertiary/aromatic N) is 1. The summed E-state index contributed by atoms with van der Waals surface area (Å²) in [6, 6.07) is 4.24. The normalized spacial score (nSPS) is 17.1. The average molecular weight is 487 g/mol. The number of primary amides is 1. The van der Waals surface area contributed by atoms with Crippen LogP contribution >= 0.6 is 0 Å². The number of carbonyl (C=O) groups is 5. The van der Waals surface area contributed by atoms with E-state index in [1.807, 2.05) is 24.3 Å². The molecule has 0 radical (unpaired) electrons. The minimum atomic E-state index is -1.21. The number of aromatic nitrogens is 1. The highest BCUT2D eigenvalue weighted by atomic mass is 16.4. The summed E-state index contributed by atoms with van der Waals surface area (Å²) in [5.41, 5.74) is 12.1. The number of nitrogens with two attached hydrogens (primary N) is 2. The Labute approximate surface area is 201 Å². The minimum Gasteiger partial charge on any atom is -0.480 e. The van der Waals surface area contributed by atoms with Crippen molar-refractivity contribution in [1.82, 2.24) is 20.5 Å². The summed E-state index contributed by atoms with van der Waals surface area (Å²) in [5, 5.41) is 15.6. The number of hydrogen-bond donors (Lipinski definition) is 6. The van der Waals surface area contributed by atoms with Crippen LogP contribution in [0.1, 0.15) is 31.2 Å². The summed E-state index contributed by atoms with van der Waals surface area (Å²) in [6.07, 6.45) is 2.45. The van der Waals surface area contributed by atoms with Crippen molar-refractivity contribution in [3.8, 4) is 0 Å². The van der Waals surface area contributed by atoms with Crippen LogP contribution in [0.3, 0.4) is 0 Å². The maximum absolute atomic E-state index is 13.2. The van der Waals surface area contributed by atoms with E-state index in [2.05, 4.69) is 15.6 Å². The van der Waals surface area contributed by atoms with Gasteiger partial charge in [-0.2, -0.15) is 0 Å². The number of carboxylic acid groups (broad SMARTS) is 1. The fraction of sp³-hybridized carbons (Fsp3) is 0.435. The summed E-state index contributed by atoms with van der Waals surface area (Å²) in [4.78, 5) is 65.6. The molecule has 1 aliphatic rings. The second-order valence-corrected chi connectivity index (χ2v) is 8.48. The Morgan fingerprint density at radius 3 is 2.57 bits per heavy atom. The van der Waals surface area contributed by atoms with Gasteiger partial charge in [-0.05, 0) is 30.9 Å². The number of fused-ring (bicyclic) bond motifs is 1. The summed E-state index contributed by atoms with van der Waals surface area (Å²) >= 11 is 0. The lowest BCUT2D eigenvalue weighted by atomic mass is 10.0. The number of carboxylic acids is 1. The minimum absolute atomic E-state index is 0.0386. The van der Waals surface area contributed by atoms with Gasteiger partial charge in [0.2, 0.25) is 23.6 Å². The predicted octanol–water partition coefficient (Wildman–Crippen LogP) is -1.02. The first-order chi connectivity index (χ1) is 16.7. The fourth-order valence-corrected chi connectivity index (χ4v) is 4.29. The van der Waals surface area contributed by atoms with Gasteiger partial charge in [0.15, 0.2) is 0 Å². The monoisotopic (exact) mass is 486 g/mol. The van der Waals surface area contributed by atoms with Crippen molar-refractivity contribution < 1.29 is 29.1 Å². The van der Waals surface area contributed by atoms with Gasteiger partial charge >= 0.3 is 5.97 Å². The van der Waals surface area contributed by atoms with E-state index in [0.717, 1.165) is 16.5 Å². The Hall–Kier alpha value is -3.93. The molecule has 3 unspecified atom stereocenters. The van der Waals surface area contributed by atoms with E-state index in [-0.39, 0.29) is 32.4 Å². The van der Waals surface area contributed by atoms with E-state index in [4.69, 9.17) is 11.5 Å². The number of benzene rings is 1. The van der Waals surface area contributed by atoms with Crippen LogP contribution in [0.5, 0.6) is 0 Å². The molecule has 12 nitrogen and oxygen atoms in total. The smallest absolute Gasteiger partial charge is 0.326 e. The van der Waals surface area contributed by atoms with Crippen molar-refractivity contribution in [2.45, 2.75) is 50.2 Å². The summed E-state index contributed by atoms with van der Waals surface area (Å²) in [6.45, 7) is -0.0962. The standard InChI is InChI=1S/C23H30N6O6/c24-11-20(31)27-16(7-8-19(25)30)22(33)29-9-3-6-18(29)21(32)28-17(23(34)35)10-13-12-26-15-5-2-1-4-14(13)15/h1-2,4-5,12,16-18,26H,3,6-11,24H2,(H2,25,30)(H,27,31)(H,28,32)(H,34,35). The third-order valence-electron chi connectivity index (χ3n) is 6.05. The molecule has 4 amide bonds. The van der Waals surface area contributed by atoms with E-state index in [1.165, 1.54) is 4.90 Å². The Morgan fingerprint density at radius 1 is 1.14 bits per heavy atom. The Kier molecular flexibility index (Phi) is 8.42. The molecule has 1 aromatic heterocycles. The molecule has 0 saturated carbocycles. The molecular weight excluding hydrogens is 456 g/mol. The summed E-state index contributed by atoms with van der Waals surface area (Å²) in [5.74, 6) is -3.56. The highest BCUT2D eigenvalue weighted by Gasteiger charge is 2.38. The zero-order chi connectivity index (χ0) is 25.5. The zero-order valence-corrected chi connectivity index (χ0v) is 19.2. The Morgan fingerprint density at radius 2 is 1.89 bits per heavy atom. The molecule has 2 aromatic rings. The lowest BCUT2D eigenvalue weighted by molar-refractivity contribution is -0.144. The van der Waals surface area contributed by atoms with Gasteiger partial charge in [0.05, 0.1) is 6.54 Å². The van der Waals surface area contributed by atoms with Crippen LogP contribution in [-0.2, 0) is 30.4 Å². The van der Waals surface area contributed by atoms with Gasteiger partial charge in [0.1, 0.15) is 18.1 Å². The number of aromatic amines is 1. The van der Waals surface area contributed by atoms with Crippen LogP contribution in [0.15, 0.2) is 30.5 Å². The van der Waals surface area contributed by atoms with E-state index in [0.29, 0.717) is 12.8 Å². The van der Waals surface area contributed by atoms with Crippen LogP contribution in [0.4, 0.5) is 0 Å². The Balaban J connectivity index is 1.72. The number of rotatable bonds is 11. The van der Waals surface area contributed by atoms with Crippen LogP contribution in [-0.4, -0.2) is 75.8 Å². The average Bonchev–Trinajstić information content (AvgIpc) is 3.48. The second kappa shape index (κ2) is 11.5. The van der Waals surface area contributed by atoms with E-state index < -0.39 is 47.7 Å². The van der Waals surface area contributed by atoms with Crippen LogP contribution in [0, 0.1) is 0 Å². The predicted molar refractivity (Wildman–Crippen MR) is 126 cm³/mol. The molecule has 0 bridgehead atoms. The second-order valence-electron chi connectivity index (χ2n) is 8.48. The number of hydrogen-bond acceptors (Lipinski definition) is 6. The highest BCUT2D eigenvalue weighted by molar-refractivity contribution is 5.94. The molecule has 12 heteroatoms. The van der Waals surface area contributed by atoms with E-state index in [9.17, 15) is 29.1 Å². The van der Waals surface area contributed by atoms with Gasteiger partial charge in [-0.1, -0.05) is 18.2 Å². The Bertz CT molecular complexity index is 1110. The SMILES string of the molecule is NCC(=O)NC(CCC(N)=O)C(=O)N1CCCC1C(=O)NC(Cc1c[nH]c2ccccc12)C(=O)O. The lowest BCUT2D eigenvalue weighted by Gasteiger charge is -2.29. The molecule has 2 heterocycles. The van der Waals surface area contributed by atoms with Crippen LogP contribution < -0.4 is 22.1 Å². The molecule has 8 N–H and O–H groups in total. The molecule has 1 aromatic carbocycles. The lowest BCUT2D eigenvalue weighted by Crippen LogP contribution is -2.56. The fourth-order valence-electron chi connectivity index (χ4n) is 4.29. The van der Waals surface area contributed by atoms with Crippen molar-refractivity contribution >= 4 is 40.5 Å². The number of H-pyrrole nitrogens is 1. The van der Waals surface area contributed by atoms with Gasteiger partial charge in [-0.15, -0.1) is 0 Å². The van der Waals surface area contributed by atoms with Crippen molar-refractivity contribution in [1.29, 1.82) is 0 Å². The zero-order valence-electron chi connectivity index (χ0n) is 19.2. The molecule has 1 aliphatic heterocycles. The maximum atomic E-state index is 13.2. The molecule has 188 valence electrons. The van der Waals surface area contributed by atoms with Crippen molar-refractivity contribution in [3.05, 3.63) is 36.0 Å². The molecule has 1 saturated heterocycles. The van der Waals surface area contributed by atoms with Gasteiger partial charge in [-0.3, -0.25) is 19.2 Å². The number of likely N-dealkylation sites (tertiary alicyclic amines) is 1. The molecule has 0 spiro atoms. The topological polar surface area (TPSA) is 201 Å². The van der Waals surface area contributed by atoms with Crippen molar-refractivity contribution in [2.24, 2.45) is 11.5 Å². The van der Waals surface area contributed by atoms with Crippen molar-refractivity contribution in [3.63, 3.8) is 0 Å². The molecule has 1 fully saturated rings. The third kappa shape index (κ3) is 6.35. The molecule has 35 heavy (non-hydrogen) atoms.